The monoisotopic (exact) mass is 781 g/mol. The molecule has 0 radical (unpaired) electrons. The van der Waals surface area contributed by atoms with Crippen LogP contribution in [0.4, 0.5) is 5.82 Å². The molecule has 0 saturated carbocycles. The topological polar surface area (TPSA) is 135 Å². The van der Waals surface area contributed by atoms with Crippen molar-refractivity contribution in [3.8, 4) is 0 Å². The van der Waals surface area contributed by atoms with E-state index in [1.165, 1.54) is 4.90 Å². The van der Waals surface area contributed by atoms with Crippen LogP contribution in [0.2, 0.25) is 0 Å². The summed E-state index contributed by atoms with van der Waals surface area (Å²) in [7, 11) is 5.58. The number of fused-ring (bicyclic) bond motifs is 2. The first-order valence-electron chi connectivity index (χ1n) is 12.2. The number of hydrogen-bond acceptors (Lipinski definition) is 10. The second kappa shape index (κ2) is 9.23. The molecule has 5 unspecified atom stereocenters. The minimum absolute atomic E-state index is 0. The average Bonchev–Trinajstić information content (AvgIpc) is 3.58. The first-order valence-corrected chi connectivity index (χ1v) is 12.2. The fourth-order valence-corrected chi connectivity index (χ4v) is 5.36. The van der Waals surface area contributed by atoms with Gasteiger partial charge < -0.3 is 48.6 Å². The summed E-state index contributed by atoms with van der Waals surface area (Å²) in [6.45, 7) is 9.79. The van der Waals surface area contributed by atoms with Crippen LogP contribution in [0.5, 0.6) is 0 Å². The Morgan fingerprint density at radius 2 is 1.87 bits per heavy atom. The summed E-state index contributed by atoms with van der Waals surface area (Å²) >= 11 is 0. The molecular formula is C24H32N7O6Rf-. The van der Waals surface area contributed by atoms with E-state index in [1.807, 2.05) is 33.0 Å². The van der Waals surface area contributed by atoms with Crippen molar-refractivity contribution in [2.45, 2.75) is 70.0 Å². The molecule has 0 aliphatic carbocycles. The molecule has 2 aromatic heterocycles. The molecule has 5 heterocycles. The maximum Gasteiger partial charge on any atom is 0.326 e. The number of aromatic nitrogens is 4. The van der Waals surface area contributed by atoms with Crippen molar-refractivity contribution in [3.63, 3.8) is 0 Å². The maximum atomic E-state index is 13.6. The smallest absolute Gasteiger partial charge is 0.326 e. The van der Waals surface area contributed by atoms with Gasteiger partial charge in [-0.25, -0.2) is 4.79 Å². The summed E-state index contributed by atoms with van der Waals surface area (Å²) < 4.78 is 20.4. The third kappa shape index (κ3) is 4.07. The Hall–Kier alpha value is -4.29. The Kier molecular flexibility index (Phi) is 6.50. The predicted molar refractivity (Wildman–Crippen MR) is 130 cm³/mol. The van der Waals surface area contributed by atoms with Gasteiger partial charge in [-0.3, -0.25) is 9.78 Å². The summed E-state index contributed by atoms with van der Waals surface area (Å²) in [6, 6.07) is -0.884. The Morgan fingerprint density at radius 1 is 1.18 bits per heavy atom. The number of anilines is 1. The molecule has 3 aliphatic heterocycles. The number of carboxylic acid groups (broad SMARTS) is 1. The van der Waals surface area contributed by atoms with Crippen LogP contribution < -0.4 is 4.90 Å². The summed E-state index contributed by atoms with van der Waals surface area (Å²) in [6.07, 6.45) is 0.484. The summed E-state index contributed by atoms with van der Waals surface area (Å²) in [5.41, 5.74) is 0.969. The Bertz CT molecular complexity index is 1270. The first-order chi connectivity index (χ1) is 17.4. The molecule has 1 amide bonds. The number of carboxylic acids is 1. The normalized spacial score (nSPS) is 27.7. The Labute approximate surface area is 214 Å². The van der Waals surface area contributed by atoms with E-state index >= 15 is 0 Å². The first kappa shape index (κ1) is 26.8. The summed E-state index contributed by atoms with van der Waals surface area (Å²) in [5.74, 6) is -0.638. The number of aliphatic carboxylic acids is 1. The van der Waals surface area contributed by atoms with Crippen molar-refractivity contribution in [2.24, 2.45) is 0 Å². The van der Waals surface area contributed by atoms with Gasteiger partial charge >= 0.3 is 5.97 Å². The minimum Gasteiger partial charge on any atom is -0.480 e. The molecule has 2 aromatic rings. The molecule has 0 aromatic carbocycles. The van der Waals surface area contributed by atoms with Crippen LogP contribution in [-0.4, -0.2) is 104 Å². The number of nitrogens with zero attached hydrogens (tertiary/aromatic N) is 7. The molecule has 3 saturated heterocycles. The van der Waals surface area contributed by atoms with Gasteiger partial charge in [0.25, 0.3) is 5.91 Å². The SMILES string of the molecule is C=C(N(C)C)N(C)c1n[c-]nc2c1nc(C)n2C1OC(C(=O)N2CCCC2C(=O)O)C2OC(C)(C)OC21.[Rf]. The van der Waals surface area contributed by atoms with Crippen LogP contribution in [0.1, 0.15) is 38.7 Å². The van der Waals surface area contributed by atoms with Gasteiger partial charge in [0, 0.05) is 39.5 Å². The standard InChI is InChI=1S/C24H32N7O6.Rf/c1-12-27-15-19(29(7)13(2)28(5)6)25-11-26-20(15)31(12)22-18-16(36-24(3,4)37-18)17(35-22)21(32)30-10-8-9-14(30)23(33)34;/h14,16-18,22H,2,8-10H2,1,3-7H3,(H,33,34);/q-1;. The fraction of sp³-hybridized carbons (Fsp3) is 0.625. The van der Waals surface area contributed by atoms with Gasteiger partial charge in [-0.15, -0.1) is 0 Å². The third-order valence-corrected chi connectivity index (χ3v) is 7.15. The fourth-order valence-electron chi connectivity index (χ4n) is 5.36. The molecular weight excluding hydrogens is 749 g/mol. The number of amides is 1. The number of likely N-dealkylation sites (tertiary alicyclic amines) is 1. The van der Waals surface area contributed by atoms with Crippen LogP contribution >= 0.6 is 0 Å². The summed E-state index contributed by atoms with van der Waals surface area (Å²) in [5, 5.41) is 9.61. The van der Waals surface area contributed by atoms with Gasteiger partial charge in [0.15, 0.2) is 18.1 Å². The van der Waals surface area contributed by atoms with Crippen molar-refractivity contribution in [1.29, 1.82) is 0 Å². The molecule has 1 N–H and O–H groups in total. The average molecular weight is 782 g/mol. The van der Waals surface area contributed by atoms with Crippen molar-refractivity contribution in [1.82, 2.24) is 29.3 Å². The van der Waals surface area contributed by atoms with Crippen LogP contribution in [-0.2, 0) is 23.8 Å². The number of carbonyl (C=O) groups is 2. The van der Waals surface area contributed by atoms with Gasteiger partial charge in [-0.2, -0.15) is 0 Å². The van der Waals surface area contributed by atoms with E-state index in [0.717, 1.165) is 0 Å². The van der Waals surface area contributed by atoms with Crippen LogP contribution in [0.3, 0.4) is 0 Å². The van der Waals surface area contributed by atoms with Crippen LogP contribution in [0.15, 0.2) is 12.4 Å². The van der Waals surface area contributed by atoms with Crippen molar-refractivity contribution >= 4 is 28.9 Å². The Morgan fingerprint density at radius 3 is 2.53 bits per heavy atom. The third-order valence-electron chi connectivity index (χ3n) is 7.15. The van der Waals surface area contributed by atoms with Crippen molar-refractivity contribution in [3.05, 3.63) is 24.6 Å². The molecule has 202 valence electrons. The molecule has 13 nitrogen and oxygen atoms in total. The maximum absolute atomic E-state index is 13.6. The van der Waals surface area contributed by atoms with E-state index in [4.69, 9.17) is 19.2 Å². The van der Waals surface area contributed by atoms with E-state index in [2.05, 4.69) is 22.9 Å². The van der Waals surface area contributed by atoms with E-state index in [-0.39, 0.29) is 0 Å². The van der Waals surface area contributed by atoms with E-state index in [1.54, 1.807) is 23.3 Å². The second-order valence-corrected chi connectivity index (χ2v) is 10.3. The Balaban J connectivity index is 0.00000336. The molecule has 38 heavy (non-hydrogen) atoms. The summed E-state index contributed by atoms with van der Waals surface area (Å²) in [4.78, 5) is 43.8. The zero-order chi connectivity index (χ0) is 26.8. The molecule has 3 aliphatic rings. The molecule has 5 rings (SSSR count). The molecule has 3 fully saturated rings. The van der Waals surface area contributed by atoms with E-state index < -0.39 is 48.2 Å². The van der Waals surface area contributed by atoms with Gasteiger partial charge in [-0.1, -0.05) is 6.58 Å². The molecule has 0 bridgehead atoms. The van der Waals surface area contributed by atoms with Crippen molar-refractivity contribution < 1.29 is 28.9 Å². The zero-order valence-corrected chi connectivity index (χ0v) is 28.9. The number of ether oxygens (including phenoxy) is 3. The number of carbonyl (C=O) groups excluding carboxylic acids is 1. The molecule has 5 atom stereocenters. The number of rotatable bonds is 6. The number of imidazole rings is 1. The van der Waals surface area contributed by atoms with Crippen LogP contribution in [0.25, 0.3) is 11.2 Å². The van der Waals surface area contributed by atoms with Gasteiger partial charge in [0.1, 0.15) is 18.2 Å². The second-order valence-electron chi connectivity index (χ2n) is 10.3. The molecule has 14 heteroatoms. The largest absolute Gasteiger partial charge is 0.480 e. The predicted octanol–water partition coefficient (Wildman–Crippen LogP) is 0.897. The van der Waals surface area contributed by atoms with Crippen LogP contribution in [0, 0.1) is 13.3 Å². The van der Waals surface area contributed by atoms with Crippen molar-refractivity contribution in [2.75, 3.05) is 32.6 Å². The van der Waals surface area contributed by atoms with Gasteiger partial charge in [0.2, 0.25) is 0 Å². The minimum atomic E-state index is -1.05. The van der Waals surface area contributed by atoms with E-state index in [0.29, 0.717) is 48.0 Å². The van der Waals surface area contributed by atoms with Gasteiger partial charge in [-0.05, 0) is 33.6 Å². The zero-order valence-electron chi connectivity index (χ0n) is 22.5. The van der Waals surface area contributed by atoms with E-state index in [9.17, 15) is 14.7 Å². The quantitative estimate of drug-likeness (QED) is 0.420. The molecule has 0 spiro atoms. The number of hydrogen-bond donors (Lipinski definition) is 1. The number of aryl methyl sites for hydroxylation is 1. The van der Waals surface area contributed by atoms with Gasteiger partial charge in [0.05, 0.1) is 23.1 Å².